The number of rotatable bonds is 4. The van der Waals surface area contributed by atoms with Crippen molar-refractivity contribution in [3.8, 4) is 0 Å². The van der Waals surface area contributed by atoms with Crippen molar-refractivity contribution >= 4 is 28.3 Å². The number of aromatic nitrogens is 2. The lowest BCUT2D eigenvalue weighted by Crippen LogP contribution is -2.28. The van der Waals surface area contributed by atoms with Gasteiger partial charge in [0.05, 0.1) is 22.0 Å². The molecule has 0 radical (unpaired) electrons. The standard InChI is InChI=1S/C20H21F2N3OS/c1-12(18-24-14-8-5-6-9-15(14)25(18)20(21)22)23-19(26)17-11-13-7-3-2-4-10-16(13)27-17/h5-6,8-9,11-12,20H,2-4,7,10H2,1H3,(H,23,26)/t12-/m1/s1. The minimum atomic E-state index is -2.72. The fraction of sp³-hybridized carbons (Fsp3) is 0.400. The molecular formula is C20H21F2N3OS. The first kappa shape index (κ1) is 18.1. The molecule has 1 N–H and O–H groups in total. The Balaban J connectivity index is 1.59. The number of amides is 1. The summed E-state index contributed by atoms with van der Waals surface area (Å²) in [6.45, 7) is -1.03. The van der Waals surface area contributed by atoms with Crippen molar-refractivity contribution in [1.82, 2.24) is 14.9 Å². The van der Waals surface area contributed by atoms with E-state index in [9.17, 15) is 13.6 Å². The van der Waals surface area contributed by atoms with E-state index in [4.69, 9.17) is 0 Å². The van der Waals surface area contributed by atoms with Crippen LogP contribution in [0.3, 0.4) is 0 Å². The summed E-state index contributed by atoms with van der Waals surface area (Å²) >= 11 is 1.52. The summed E-state index contributed by atoms with van der Waals surface area (Å²) in [6.07, 6.45) is 5.56. The smallest absolute Gasteiger partial charge is 0.320 e. The average molecular weight is 389 g/mol. The van der Waals surface area contributed by atoms with Gasteiger partial charge in [-0.05, 0) is 56.4 Å². The summed E-state index contributed by atoms with van der Waals surface area (Å²) in [6, 6.07) is 8.11. The molecule has 3 aromatic rings. The molecule has 1 amide bonds. The van der Waals surface area contributed by atoms with Crippen molar-refractivity contribution in [3.05, 3.63) is 51.5 Å². The Labute approximate surface area is 160 Å². The van der Waals surface area contributed by atoms with Crippen LogP contribution >= 0.6 is 11.3 Å². The van der Waals surface area contributed by atoms with Crippen LogP contribution in [0, 0.1) is 0 Å². The highest BCUT2D eigenvalue weighted by Gasteiger charge is 2.24. The molecule has 0 fully saturated rings. The van der Waals surface area contributed by atoms with Crippen molar-refractivity contribution < 1.29 is 13.6 Å². The monoisotopic (exact) mass is 389 g/mol. The van der Waals surface area contributed by atoms with Crippen LogP contribution in [0.5, 0.6) is 0 Å². The molecular weight excluding hydrogens is 368 g/mol. The van der Waals surface area contributed by atoms with Gasteiger partial charge in [-0.1, -0.05) is 18.6 Å². The zero-order chi connectivity index (χ0) is 19.0. The topological polar surface area (TPSA) is 46.9 Å². The molecule has 0 unspecified atom stereocenters. The van der Waals surface area contributed by atoms with Crippen LogP contribution in [0.1, 0.15) is 64.7 Å². The molecule has 0 aliphatic heterocycles. The Kier molecular flexibility index (Phi) is 4.95. The first-order valence-electron chi connectivity index (χ1n) is 9.22. The summed E-state index contributed by atoms with van der Waals surface area (Å²) in [5, 5.41) is 2.85. The van der Waals surface area contributed by atoms with E-state index in [-0.39, 0.29) is 11.7 Å². The normalized spacial score (nSPS) is 15.6. The Morgan fingerprint density at radius 2 is 2.00 bits per heavy atom. The average Bonchev–Trinajstić information content (AvgIpc) is 3.17. The van der Waals surface area contributed by atoms with E-state index in [1.807, 2.05) is 6.07 Å². The number of carbonyl (C=O) groups excluding carboxylic acids is 1. The highest BCUT2D eigenvalue weighted by atomic mass is 32.1. The summed E-state index contributed by atoms with van der Waals surface area (Å²) in [7, 11) is 0. The molecule has 0 spiro atoms. The largest absolute Gasteiger partial charge is 0.342 e. The maximum Gasteiger partial charge on any atom is 0.320 e. The number of para-hydroxylation sites is 2. The lowest BCUT2D eigenvalue weighted by Gasteiger charge is -2.15. The fourth-order valence-corrected chi connectivity index (χ4v) is 4.84. The van der Waals surface area contributed by atoms with Crippen molar-refractivity contribution in [2.24, 2.45) is 0 Å². The van der Waals surface area contributed by atoms with Gasteiger partial charge in [-0.3, -0.25) is 9.36 Å². The number of hydrogen-bond donors (Lipinski definition) is 1. The van der Waals surface area contributed by atoms with E-state index < -0.39 is 12.6 Å². The number of carbonyl (C=O) groups is 1. The second kappa shape index (κ2) is 7.38. The zero-order valence-corrected chi connectivity index (χ0v) is 15.9. The molecule has 2 heterocycles. The van der Waals surface area contributed by atoms with Gasteiger partial charge in [0.15, 0.2) is 0 Å². The predicted octanol–water partition coefficient (Wildman–Crippen LogP) is 5.25. The van der Waals surface area contributed by atoms with Gasteiger partial charge in [0, 0.05) is 4.88 Å². The molecule has 1 aliphatic rings. The number of alkyl halides is 2. The SMILES string of the molecule is C[C@@H](NC(=O)c1cc2c(s1)CCCCC2)c1nc2ccccc2n1C(F)F. The fourth-order valence-electron chi connectivity index (χ4n) is 3.69. The third-order valence-electron chi connectivity index (χ3n) is 5.02. The lowest BCUT2D eigenvalue weighted by molar-refractivity contribution is 0.0688. The summed E-state index contributed by atoms with van der Waals surface area (Å²) in [5.74, 6) is -0.0638. The molecule has 1 aromatic carbocycles. The van der Waals surface area contributed by atoms with Crippen LogP contribution < -0.4 is 5.32 Å². The number of aryl methyl sites for hydroxylation is 2. The van der Waals surface area contributed by atoms with Gasteiger partial charge in [0.1, 0.15) is 5.82 Å². The molecule has 1 atom stereocenters. The van der Waals surface area contributed by atoms with E-state index in [0.29, 0.717) is 15.9 Å². The molecule has 1 aliphatic carbocycles. The highest BCUT2D eigenvalue weighted by molar-refractivity contribution is 7.14. The van der Waals surface area contributed by atoms with E-state index >= 15 is 0 Å². The maximum atomic E-state index is 13.6. The van der Waals surface area contributed by atoms with Crippen molar-refractivity contribution in [2.75, 3.05) is 0 Å². The number of benzene rings is 1. The summed E-state index contributed by atoms with van der Waals surface area (Å²) in [5.41, 5.74) is 2.12. The highest BCUT2D eigenvalue weighted by Crippen LogP contribution is 2.30. The number of halogens is 2. The van der Waals surface area contributed by atoms with Crippen molar-refractivity contribution in [2.45, 2.75) is 51.6 Å². The zero-order valence-electron chi connectivity index (χ0n) is 15.0. The van der Waals surface area contributed by atoms with Gasteiger partial charge < -0.3 is 5.32 Å². The van der Waals surface area contributed by atoms with Crippen LogP contribution in [0.25, 0.3) is 11.0 Å². The van der Waals surface area contributed by atoms with Gasteiger partial charge in [-0.15, -0.1) is 11.3 Å². The van der Waals surface area contributed by atoms with E-state index in [0.717, 1.165) is 30.3 Å². The second-order valence-corrected chi connectivity index (χ2v) is 8.06. The van der Waals surface area contributed by atoms with Gasteiger partial charge >= 0.3 is 6.55 Å². The third-order valence-corrected chi connectivity index (χ3v) is 6.26. The minimum Gasteiger partial charge on any atom is -0.342 e. The predicted molar refractivity (Wildman–Crippen MR) is 102 cm³/mol. The second-order valence-electron chi connectivity index (χ2n) is 6.92. The van der Waals surface area contributed by atoms with E-state index in [1.165, 1.54) is 28.2 Å². The van der Waals surface area contributed by atoms with Crippen LogP contribution in [0.15, 0.2) is 30.3 Å². The van der Waals surface area contributed by atoms with Crippen LogP contribution in [-0.2, 0) is 12.8 Å². The molecule has 0 bridgehead atoms. The van der Waals surface area contributed by atoms with Crippen LogP contribution in [0.2, 0.25) is 0 Å². The number of thiophene rings is 1. The van der Waals surface area contributed by atoms with Gasteiger partial charge in [-0.25, -0.2) is 4.98 Å². The first-order valence-corrected chi connectivity index (χ1v) is 10.0. The molecule has 4 rings (SSSR count). The minimum absolute atomic E-state index is 0.165. The molecule has 4 nitrogen and oxygen atoms in total. The molecule has 142 valence electrons. The quantitative estimate of drug-likeness (QED) is 0.619. The number of nitrogens with zero attached hydrogens (tertiary/aromatic N) is 2. The van der Waals surface area contributed by atoms with Crippen LogP contribution in [0.4, 0.5) is 8.78 Å². The summed E-state index contributed by atoms with van der Waals surface area (Å²) < 4.78 is 28.1. The Bertz CT molecular complexity index is 955. The number of hydrogen-bond acceptors (Lipinski definition) is 3. The maximum absolute atomic E-state index is 13.6. The molecule has 27 heavy (non-hydrogen) atoms. The van der Waals surface area contributed by atoms with E-state index in [1.54, 1.807) is 31.2 Å². The lowest BCUT2D eigenvalue weighted by atomic mass is 10.1. The van der Waals surface area contributed by atoms with Gasteiger partial charge in [-0.2, -0.15) is 8.78 Å². The van der Waals surface area contributed by atoms with E-state index in [2.05, 4.69) is 10.3 Å². The van der Waals surface area contributed by atoms with Crippen LogP contribution in [-0.4, -0.2) is 15.5 Å². The van der Waals surface area contributed by atoms with Gasteiger partial charge in [0.2, 0.25) is 0 Å². The third kappa shape index (κ3) is 3.48. The number of fused-ring (bicyclic) bond motifs is 2. The molecule has 0 saturated heterocycles. The van der Waals surface area contributed by atoms with Crippen molar-refractivity contribution in [1.29, 1.82) is 0 Å². The first-order chi connectivity index (χ1) is 13.0. The summed E-state index contributed by atoms with van der Waals surface area (Å²) in [4.78, 5) is 19.0. The molecule has 7 heteroatoms. The Hall–Kier alpha value is -2.28. The molecule has 2 aromatic heterocycles. The number of nitrogens with one attached hydrogen (secondary N) is 1. The number of imidazole rings is 1. The van der Waals surface area contributed by atoms with Crippen molar-refractivity contribution in [3.63, 3.8) is 0 Å². The molecule has 0 saturated carbocycles. The Morgan fingerprint density at radius 1 is 1.22 bits per heavy atom. The Morgan fingerprint density at radius 3 is 2.81 bits per heavy atom. The van der Waals surface area contributed by atoms with Gasteiger partial charge in [0.25, 0.3) is 5.91 Å².